The molecule has 1 saturated heterocycles. The van der Waals surface area contributed by atoms with E-state index in [4.69, 9.17) is 18.8 Å². The summed E-state index contributed by atoms with van der Waals surface area (Å²) in [6, 6.07) is 37.1. The fourth-order valence-electron chi connectivity index (χ4n) is 10.5. The molecule has 5 aromatic carbocycles. The molecule has 1 heterocycles. The number of aliphatic hydroxyl groups is 2. The highest BCUT2D eigenvalue weighted by atomic mass is 16.7. The van der Waals surface area contributed by atoms with Crippen LogP contribution in [0.1, 0.15) is 185 Å². The Morgan fingerprint density at radius 1 is 0.541 bits per heavy atom. The predicted octanol–water partition coefficient (Wildman–Crippen LogP) is 15.0. The average Bonchev–Trinajstić information content (AvgIpc) is 3.64. The topological polar surface area (TPSA) is 94.5 Å². The number of rotatable bonds is 21. The van der Waals surface area contributed by atoms with Crippen LogP contribution in [0.2, 0.25) is 0 Å². The van der Waals surface area contributed by atoms with Crippen LogP contribution in [0, 0.1) is 13.8 Å². The van der Waals surface area contributed by atoms with Crippen LogP contribution < -0.4 is 10.2 Å². The molecule has 0 unspecified atom stereocenters. The molecular formula is C66H89BO7. The summed E-state index contributed by atoms with van der Waals surface area (Å²) < 4.78 is 22.8. The molecule has 0 spiro atoms. The maximum absolute atomic E-state index is 11.9. The minimum atomic E-state index is -0.757. The van der Waals surface area contributed by atoms with Crippen LogP contribution in [0.5, 0.6) is 5.75 Å². The average molecular weight is 1010 g/mol. The lowest BCUT2D eigenvalue weighted by Gasteiger charge is -2.34. The Morgan fingerprint density at radius 2 is 0.932 bits per heavy atom. The number of hydrogen-bond donors (Lipinski definition) is 2. The van der Waals surface area contributed by atoms with Gasteiger partial charge in [-0.2, -0.15) is 0 Å². The zero-order valence-corrected chi connectivity index (χ0v) is 48.0. The molecule has 0 atom stereocenters. The zero-order valence-electron chi connectivity index (χ0n) is 48.0. The maximum atomic E-state index is 11.9. The monoisotopic (exact) mass is 1000 g/mol. The molecule has 8 heteroatoms. The van der Waals surface area contributed by atoms with Crippen molar-refractivity contribution in [2.24, 2.45) is 0 Å². The van der Waals surface area contributed by atoms with E-state index in [2.05, 4.69) is 166 Å². The highest BCUT2D eigenvalue weighted by molar-refractivity contribution is 6.62. The van der Waals surface area contributed by atoms with Gasteiger partial charge in [-0.3, -0.25) is 4.79 Å². The molecule has 1 fully saturated rings. The minimum absolute atomic E-state index is 0.0605. The van der Waals surface area contributed by atoms with Crippen LogP contribution in [0.3, 0.4) is 0 Å². The predicted molar refractivity (Wildman–Crippen MR) is 311 cm³/mol. The van der Waals surface area contributed by atoms with Crippen LogP contribution >= 0.6 is 0 Å². The van der Waals surface area contributed by atoms with Crippen molar-refractivity contribution in [1.82, 2.24) is 0 Å². The third kappa shape index (κ3) is 13.0. The number of carbonyl (C=O) groups excluding carboxylic acids is 1. The molecule has 0 aromatic heterocycles. The zero-order chi connectivity index (χ0) is 54.7. The summed E-state index contributed by atoms with van der Waals surface area (Å²) in [7, 11) is 2.67. The quantitative estimate of drug-likeness (QED) is 0.0558. The van der Waals surface area contributed by atoms with Crippen molar-refractivity contribution in [1.29, 1.82) is 0 Å². The first-order chi connectivity index (χ1) is 35.0. The number of hydrogen-bond acceptors (Lipinski definition) is 7. The second-order valence-electron chi connectivity index (χ2n) is 21.6. The Bertz CT molecular complexity index is 2660. The highest BCUT2D eigenvalue weighted by Gasteiger charge is 2.51. The van der Waals surface area contributed by atoms with Gasteiger partial charge in [0.25, 0.3) is 0 Å². The van der Waals surface area contributed by atoms with Gasteiger partial charge in [0.15, 0.2) is 0 Å². The SMILES string of the molecule is CCC(O)(/C=C/c1ccc(C(CC)(CC)c2ccc(-c3ccc(OC)c(CC(=O)OC)c3)cc2)cc1C)CC.CCC(O)(/C=C/c1ccc(C(CC)(CC)c2ccc(B3OC(C)(C)C(C)(C)O3)cc2)cc1C)CC. The number of methoxy groups -OCH3 is 2. The molecular weight excluding hydrogens is 916 g/mol. The third-order valence-electron chi connectivity index (χ3n) is 17.3. The molecule has 398 valence electrons. The lowest BCUT2D eigenvalue weighted by molar-refractivity contribution is -0.139. The standard InChI is InChI=1S/C35H44O4.C31H45BO3/c1-8-34(37,9-2)21-20-26-12-18-31(22-25(26)5)35(10-3,11-4)30-16-13-27(14-17-30)28-15-19-32(38-6)29(23-28)24-33(36)39-7;1-10-30(33,11-2)21-20-24-14-15-26(22-23(24)5)31(12-3,13-4)25-16-18-27(19-17-25)32-34-28(6,7)29(8,9)35-32/h12-23,37H,8-11,24H2,1-7H3;14-22,33H,10-13H2,1-9H3/b2*21-20+. The van der Waals surface area contributed by atoms with Crippen molar-refractivity contribution in [3.05, 3.63) is 165 Å². The summed E-state index contributed by atoms with van der Waals surface area (Å²) >= 11 is 0. The van der Waals surface area contributed by atoms with Gasteiger partial charge in [-0.1, -0.05) is 171 Å². The van der Waals surface area contributed by atoms with Gasteiger partial charge in [0.1, 0.15) is 5.75 Å². The van der Waals surface area contributed by atoms with Crippen molar-refractivity contribution in [2.75, 3.05) is 14.2 Å². The molecule has 0 saturated carbocycles. The Labute approximate surface area is 447 Å². The van der Waals surface area contributed by atoms with Crippen LogP contribution in [-0.2, 0) is 36.1 Å². The molecule has 0 radical (unpaired) electrons. The Hall–Kier alpha value is -5.25. The number of benzene rings is 5. The molecule has 1 aliphatic rings. The summed E-state index contributed by atoms with van der Waals surface area (Å²) in [5, 5.41) is 21.3. The molecule has 0 bridgehead atoms. The number of aryl methyl sites for hydroxylation is 2. The lowest BCUT2D eigenvalue weighted by atomic mass is 9.69. The van der Waals surface area contributed by atoms with E-state index in [-0.39, 0.29) is 41.5 Å². The molecule has 2 N–H and O–H groups in total. The molecule has 7 nitrogen and oxygen atoms in total. The van der Waals surface area contributed by atoms with Crippen LogP contribution in [0.15, 0.2) is 115 Å². The van der Waals surface area contributed by atoms with Crippen LogP contribution in [0.4, 0.5) is 0 Å². The third-order valence-corrected chi connectivity index (χ3v) is 17.3. The summed E-state index contributed by atoms with van der Waals surface area (Å²) in [5.41, 5.74) is 11.6. The van der Waals surface area contributed by atoms with Gasteiger partial charge in [-0.05, 0) is 166 Å². The van der Waals surface area contributed by atoms with Crippen molar-refractivity contribution >= 4 is 30.7 Å². The van der Waals surface area contributed by atoms with Gasteiger partial charge >= 0.3 is 13.1 Å². The number of esters is 1. The second kappa shape index (κ2) is 25.1. The molecule has 0 amide bonds. The van der Waals surface area contributed by atoms with Gasteiger partial charge < -0.3 is 29.0 Å². The minimum Gasteiger partial charge on any atom is -0.496 e. The van der Waals surface area contributed by atoms with Gasteiger partial charge in [-0.25, -0.2) is 0 Å². The number of carbonyl (C=O) groups is 1. The largest absolute Gasteiger partial charge is 0.496 e. The van der Waals surface area contributed by atoms with Crippen molar-refractivity contribution in [3.8, 4) is 16.9 Å². The van der Waals surface area contributed by atoms with Crippen molar-refractivity contribution in [3.63, 3.8) is 0 Å². The van der Waals surface area contributed by atoms with Crippen molar-refractivity contribution in [2.45, 2.75) is 188 Å². The molecule has 0 aliphatic carbocycles. The molecule has 5 aromatic rings. The van der Waals surface area contributed by atoms with E-state index < -0.39 is 11.2 Å². The van der Waals surface area contributed by atoms with Crippen LogP contribution in [-0.4, -0.2) is 59.9 Å². The fourth-order valence-corrected chi connectivity index (χ4v) is 10.5. The summed E-state index contributed by atoms with van der Waals surface area (Å²) in [4.78, 5) is 11.9. The van der Waals surface area contributed by atoms with Gasteiger partial charge in [0.05, 0.1) is 43.0 Å². The molecule has 6 rings (SSSR count). The Balaban J connectivity index is 0.000000276. The van der Waals surface area contributed by atoms with E-state index in [1.54, 1.807) is 7.11 Å². The van der Waals surface area contributed by atoms with E-state index in [0.717, 1.165) is 59.0 Å². The smallest absolute Gasteiger partial charge is 0.494 e. The lowest BCUT2D eigenvalue weighted by Crippen LogP contribution is -2.41. The second-order valence-corrected chi connectivity index (χ2v) is 21.6. The first-order valence-electron chi connectivity index (χ1n) is 27.4. The molecule has 74 heavy (non-hydrogen) atoms. The first-order valence-corrected chi connectivity index (χ1v) is 27.4. The summed E-state index contributed by atoms with van der Waals surface area (Å²) in [5.74, 6) is 0.388. The summed E-state index contributed by atoms with van der Waals surface area (Å²) in [6.07, 6.45) is 15.0. The van der Waals surface area contributed by atoms with E-state index >= 15 is 0 Å². The highest BCUT2D eigenvalue weighted by Crippen LogP contribution is 2.43. The Morgan fingerprint density at radius 3 is 1.30 bits per heavy atom. The van der Waals surface area contributed by atoms with E-state index in [1.807, 2.05) is 58.0 Å². The van der Waals surface area contributed by atoms with Gasteiger partial charge in [0.2, 0.25) is 0 Å². The van der Waals surface area contributed by atoms with E-state index in [0.29, 0.717) is 31.4 Å². The van der Waals surface area contributed by atoms with Crippen molar-refractivity contribution < 1.29 is 33.8 Å². The molecule has 1 aliphatic heterocycles. The normalized spacial score (nSPS) is 14.9. The van der Waals surface area contributed by atoms with E-state index in [1.165, 1.54) is 40.5 Å². The number of ether oxygens (including phenoxy) is 2. The summed E-state index contributed by atoms with van der Waals surface area (Å²) in [6.45, 7) is 29.8. The van der Waals surface area contributed by atoms with Crippen LogP contribution in [0.25, 0.3) is 23.3 Å². The van der Waals surface area contributed by atoms with Gasteiger partial charge in [-0.15, -0.1) is 0 Å². The van der Waals surface area contributed by atoms with E-state index in [9.17, 15) is 15.0 Å². The van der Waals surface area contributed by atoms with Gasteiger partial charge in [0, 0.05) is 16.4 Å². The Kier molecular flexibility index (Phi) is 20.2. The maximum Gasteiger partial charge on any atom is 0.494 e. The fraction of sp³-hybridized carbons (Fsp3) is 0.470. The first kappa shape index (κ1) is 59.6.